The number of aromatic nitrogens is 2. The molecule has 9 heteroatoms. The Morgan fingerprint density at radius 3 is 2.12 bits per heavy atom. The van der Waals surface area contributed by atoms with Crippen LogP contribution in [0.3, 0.4) is 0 Å². The van der Waals surface area contributed by atoms with Crippen molar-refractivity contribution in [3.05, 3.63) is 117 Å². The summed E-state index contributed by atoms with van der Waals surface area (Å²) in [6.45, 7) is 4.04. The number of anilines is 2. The van der Waals surface area contributed by atoms with Gasteiger partial charge in [-0.3, -0.25) is 14.4 Å². The van der Waals surface area contributed by atoms with E-state index in [2.05, 4.69) is 15.6 Å². The highest BCUT2D eigenvalue weighted by Gasteiger charge is 2.26. The topological polar surface area (TPSA) is 102 Å². The lowest BCUT2D eigenvalue weighted by atomic mass is 10.1. The first-order chi connectivity index (χ1) is 19.4. The van der Waals surface area contributed by atoms with Crippen LogP contribution in [0.4, 0.5) is 11.4 Å². The molecule has 3 aromatic carbocycles. The van der Waals surface area contributed by atoms with Crippen LogP contribution in [0.25, 0.3) is 4.96 Å². The molecule has 0 aliphatic carbocycles. The number of benzene rings is 3. The third kappa shape index (κ3) is 5.94. The van der Waals surface area contributed by atoms with E-state index in [-0.39, 0.29) is 10.6 Å². The molecule has 40 heavy (non-hydrogen) atoms. The number of ether oxygens (including phenoxy) is 1. The van der Waals surface area contributed by atoms with Gasteiger partial charge in [-0.25, -0.2) is 9.38 Å². The maximum absolute atomic E-state index is 13.5. The van der Waals surface area contributed by atoms with Gasteiger partial charge < -0.3 is 15.4 Å². The van der Waals surface area contributed by atoms with Gasteiger partial charge in [-0.05, 0) is 66.9 Å². The second-order valence-electron chi connectivity index (χ2n) is 9.13. The molecular formula is C31H28N4O4S. The molecule has 202 valence electrons. The molecule has 2 heterocycles. The van der Waals surface area contributed by atoms with E-state index in [9.17, 15) is 14.4 Å². The first kappa shape index (κ1) is 26.8. The third-order valence-electron chi connectivity index (χ3n) is 6.21. The number of amides is 2. The Kier molecular flexibility index (Phi) is 8.02. The highest BCUT2D eigenvalue weighted by atomic mass is 32.1. The molecule has 2 aromatic heterocycles. The molecule has 2 amide bonds. The van der Waals surface area contributed by atoms with Gasteiger partial charge in [0.1, 0.15) is 22.1 Å². The van der Waals surface area contributed by atoms with Gasteiger partial charge in [-0.2, -0.15) is 0 Å². The Labute approximate surface area is 235 Å². The largest absolute Gasteiger partial charge is 0.457 e. The van der Waals surface area contributed by atoms with Gasteiger partial charge in [0.05, 0.1) is 0 Å². The van der Waals surface area contributed by atoms with Crippen molar-refractivity contribution in [2.24, 2.45) is 0 Å². The molecule has 0 saturated carbocycles. The summed E-state index contributed by atoms with van der Waals surface area (Å²) in [5.74, 6) is 0.221. The fraction of sp³-hybridized carbons (Fsp3) is 0.161. The van der Waals surface area contributed by atoms with E-state index in [0.717, 1.165) is 29.7 Å². The van der Waals surface area contributed by atoms with E-state index in [0.29, 0.717) is 39.9 Å². The molecule has 5 rings (SSSR count). The van der Waals surface area contributed by atoms with E-state index < -0.39 is 17.4 Å². The first-order valence-electron chi connectivity index (χ1n) is 13.0. The summed E-state index contributed by atoms with van der Waals surface area (Å²) in [6.07, 6.45) is 2.30. The number of rotatable bonds is 9. The fourth-order valence-corrected chi connectivity index (χ4v) is 5.24. The maximum atomic E-state index is 13.5. The molecule has 0 fully saturated rings. The predicted octanol–water partition coefficient (Wildman–Crippen LogP) is 6.57. The molecular weight excluding hydrogens is 524 g/mol. The lowest BCUT2D eigenvalue weighted by molar-refractivity contribution is 0.0989. The van der Waals surface area contributed by atoms with Crippen LogP contribution in [-0.2, 0) is 12.8 Å². The number of fused-ring (bicyclic) bond motifs is 1. The number of carbonyl (C=O) groups is 2. The third-order valence-corrected chi connectivity index (χ3v) is 7.25. The minimum Gasteiger partial charge on any atom is -0.457 e. The van der Waals surface area contributed by atoms with E-state index in [4.69, 9.17) is 4.74 Å². The molecule has 8 nitrogen and oxygen atoms in total. The number of hydrogen-bond acceptors (Lipinski definition) is 6. The van der Waals surface area contributed by atoms with Crippen LogP contribution in [0.15, 0.2) is 89.7 Å². The average Bonchev–Trinajstić information content (AvgIpc) is 3.36. The molecule has 0 radical (unpaired) electrons. The van der Waals surface area contributed by atoms with Crippen molar-refractivity contribution < 1.29 is 14.3 Å². The van der Waals surface area contributed by atoms with E-state index in [1.54, 1.807) is 36.4 Å². The van der Waals surface area contributed by atoms with Crippen molar-refractivity contribution in [3.8, 4) is 11.5 Å². The fourth-order valence-electron chi connectivity index (χ4n) is 4.20. The zero-order valence-electron chi connectivity index (χ0n) is 22.1. The molecule has 0 aliphatic heterocycles. The van der Waals surface area contributed by atoms with Gasteiger partial charge in [-0.1, -0.05) is 61.9 Å². The number of hydrogen-bond donors (Lipinski definition) is 2. The van der Waals surface area contributed by atoms with E-state index in [1.165, 1.54) is 10.5 Å². The highest BCUT2D eigenvalue weighted by molar-refractivity contribution is 7.19. The summed E-state index contributed by atoms with van der Waals surface area (Å²) >= 11 is 1.01. The number of para-hydroxylation sites is 1. The average molecular weight is 553 g/mol. The number of nitrogens with one attached hydrogen (secondary N) is 2. The molecule has 2 N–H and O–H groups in total. The molecule has 5 aromatic rings. The smallest absolute Gasteiger partial charge is 0.274 e. The number of aryl methyl sites for hydroxylation is 2. The second-order valence-corrected chi connectivity index (χ2v) is 10.1. The number of nitrogens with zero attached hydrogens (tertiary/aromatic N) is 2. The first-order valence-corrected chi connectivity index (χ1v) is 13.9. The summed E-state index contributed by atoms with van der Waals surface area (Å²) in [5, 5.41) is 5.66. The van der Waals surface area contributed by atoms with Crippen molar-refractivity contribution >= 4 is 39.5 Å². The minimum absolute atomic E-state index is 0.0540. The van der Waals surface area contributed by atoms with Gasteiger partial charge >= 0.3 is 0 Å². The molecule has 0 spiro atoms. The van der Waals surface area contributed by atoms with Crippen LogP contribution in [0, 0.1) is 0 Å². The molecule has 0 atom stereocenters. The monoisotopic (exact) mass is 552 g/mol. The van der Waals surface area contributed by atoms with E-state index >= 15 is 0 Å². The Morgan fingerprint density at radius 2 is 1.48 bits per heavy atom. The van der Waals surface area contributed by atoms with Gasteiger partial charge in [0.2, 0.25) is 0 Å². The minimum atomic E-state index is -0.570. The van der Waals surface area contributed by atoms with Crippen LogP contribution in [0.1, 0.15) is 51.7 Å². The highest BCUT2D eigenvalue weighted by Crippen LogP contribution is 2.26. The lowest BCUT2D eigenvalue weighted by Gasteiger charge is -2.10. The summed E-state index contributed by atoms with van der Waals surface area (Å²) in [7, 11) is 0. The van der Waals surface area contributed by atoms with Crippen LogP contribution >= 0.6 is 11.3 Å². The standard InChI is InChI=1S/C31H28N4O4S/c1-3-8-23-19-26(36)35-27(29(37)32-21-13-11-20(4-2)12-14-21)28(40-31(35)34-23)30(38)33-22-15-17-25(18-16-22)39-24-9-6-5-7-10-24/h5-7,9-19H,3-4,8H2,1-2H3,(H,32,37)(H,33,38). The van der Waals surface area contributed by atoms with Gasteiger partial charge in [0, 0.05) is 23.1 Å². The van der Waals surface area contributed by atoms with Crippen molar-refractivity contribution in [3.63, 3.8) is 0 Å². The van der Waals surface area contributed by atoms with Crippen LogP contribution in [0.2, 0.25) is 0 Å². The van der Waals surface area contributed by atoms with Crippen molar-refractivity contribution in [1.82, 2.24) is 9.38 Å². The van der Waals surface area contributed by atoms with E-state index in [1.807, 2.05) is 56.3 Å². The quantitative estimate of drug-likeness (QED) is 0.215. The Morgan fingerprint density at radius 1 is 0.850 bits per heavy atom. The Hall–Kier alpha value is -4.76. The van der Waals surface area contributed by atoms with Crippen molar-refractivity contribution in [2.45, 2.75) is 33.1 Å². The zero-order chi connectivity index (χ0) is 28.1. The van der Waals surface area contributed by atoms with Gasteiger partial charge in [0.15, 0.2) is 4.96 Å². The lowest BCUT2D eigenvalue weighted by Crippen LogP contribution is -2.25. The summed E-state index contributed by atoms with van der Waals surface area (Å²) in [6, 6.07) is 25.1. The van der Waals surface area contributed by atoms with Crippen LogP contribution in [0.5, 0.6) is 11.5 Å². The molecule has 0 aliphatic rings. The molecule has 0 bridgehead atoms. The Bertz CT molecular complexity index is 1710. The summed E-state index contributed by atoms with van der Waals surface area (Å²) in [4.78, 5) is 45.1. The summed E-state index contributed by atoms with van der Waals surface area (Å²) in [5.41, 5.74) is 2.36. The predicted molar refractivity (Wildman–Crippen MR) is 158 cm³/mol. The van der Waals surface area contributed by atoms with Crippen LogP contribution < -0.4 is 20.9 Å². The van der Waals surface area contributed by atoms with Crippen molar-refractivity contribution in [2.75, 3.05) is 10.6 Å². The van der Waals surface area contributed by atoms with Gasteiger partial charge in [-0.15, -0.1) is 0 Å². The molecule has 0 saturated heterocycles. The Balaban J connectivity index is 1.45. The number of thiazole rings is 1. The van der Waals surface area contributed by atoms with Gasteiger partial charge in [0.25, 0.3) is 17.4 Å². The normalized spacial score (nSPS) is 10.8. The van der Waals surface area contributed by atoms with Crippen LogP contribution in [-0.4, -0.2) is 21.2 Å². The maximum Gasteiger partial charge on any atom is 0.274 e. The zero-order valence-corrected chi connectivity index (χ0v) is 23.0. The number of carbonyl (C=O) groups excluding carboxylic acids is 2. The second kappa shape index (κ2) is 12.0. The SMILES string of the molecule is CCCc1cc(=O)n2c(C(=O)Nc3ccc(CC)cc3)c(C(=O)Nc3ccc(Oc4ccccc4)cc3)sc2n1. The van der Waals surface area contributed by atoms with Crippen molar-refractivity contribution in [1.29, 1.82) is 0 Å². The summed E-state index contributed by atoms with van der Waals surface area (Å²) < 4.78 is 7.03. The molecule has 0 unspecified atom stereocenters.